The number of allylic oxidation sites excluding steroid dienone is 5. The van der Waals surface area contributed by atoms with E-state index in [-0.39, 0.29) is 5.91 Å². The van der Waals surface area contributed by atoms with Crippen LogP contribution in [0.2, 0.25) is 0 Å². The van der Waals surface area contributed by atoms with Crippen LogP contribution in [0.4, 0.5) is 0 Å². The second-order valence-corrected chi connectivity index (χ2v) is 11.8. The first-order valence-electron chi connectivity index (χ1n) is 13.8. The van der Waals surface area contributed by atoms with Crippen molar-refractivity contribution in [1.29, 1.82) is 0 Å². The Morgan fingerprint density at radius 3 is 2.41 bits per heavy atom. The van der Waals surface area contributed by atoms with Crippen molar-refractivity contribution in [3.05, 3.63) is 63.9 Å². The van der Waals surface area contributed by atoms with Gasteiger partial charge in [-0.3, -0.25) is 9.69 Å². The second kappa shape index (κ2) is 12.5. The van der Waals surface area contributed by atoms with Crippen molar-refractivity contribution in [3.63, 3.8) is 0 Å². The molecule has 0 aliphatic carbocycles. The van der Waals surface area contributed by atoms with Crippen LogP contribution in [0.1, 0.15) is 89.5 Å². The van der Waals surface area contributed by atoms with Crippen LogP contribution < -0.4 is 0 Å². The molecule has 0 radical (unpaired) electrons. The number of piperidine rings is 1. The summed E-state index contributed by atoms with van der Waals surface area (Å²) in [6, 6.07) is 6.91. The van der Waals surface area contributed by atoms with E-state index in [0.717, 1.165) is 59.7 Å². The van der Waals surface area contributed by atoms with Gasteiger partial charge in [-0.15, -0.1) is 0 Å². The largest absolute Gasteiger partial charge is 0.354 e. The lowest BCUT2D eigenvalue weighted by Crippen LogP contribution is -2.40. The average Bonchev–Trinajstić information content (AvgIpc) is 3.25. The van der Waals surface area contributed by atoms with Crippen molar-refractivity contribution in [2.45, 2.75) is 72.6 Å². The first kappa shape index (κ1) is 29.3. The molecule has 1 amide bonds. The van der Waals surface area contributed by atoms with Crippen LogP contribution in [0.25, 0.3) is 16.5 Å². The van der Waals surface area contributed by atoms with Gasteiger partial charge >= 0.3 is 0 Å². The predicted octanol–water partition coefficient (Wildman–Crippen LogP) is 8.08. The second-order valence-electron chi connectivity index (χ2n) is 11.4. The first-order valence-corrected chi connectivity index (χ1v) is 14.1. The van der Waals surface area contributed by atoms with Gasteiger partial charge in [-0.25, -0.2) is 0 Å². The fourth-order valence-electron chi connectivity index (χ4n) is 5.22. The summed E-state index contributed by atoms with van der Waals surface area (Å²) >= 11 is 6.92. The molecular formula is C32H46ClN3O. The lowest BCUT2D eigenvalue weighted by molar-refractivity contribution is -0.130. The number of aromatic amines is 1. The third-order valence-electron chi connectivity index (χ3n) is 8.00. The molecular weight excluding hydrogens is 478 g/mol. The number of likely N-dealkylation sites (N-methyl/N-ethyl adjacent to an activating group) is 1. The molecule has 1 saturated heterocycles. The van der Waals surface area contributed by atoms with Crippen LogP contribution in [0.15, 0.2) is 47.0 Å². The molecule has 0 bridgehead atoms. The number of nitrogens with one attached hydrogen (secondary N) is 1. The van der Waals surface area contributed by atoms with Gasteiger partial charge < -0.3 is 9.88 Å². The average molecular weight is 524 g/mol. The number of carbonyl (C=O) groups excluding carboxylic acids is 1. The minimum atomic E-state index is 0.177. The van der Waals surface area contributed by atoms with Crippen LogP contribution in [0.3, 0.4) is 0 Å². The van der Waals surface area contributed by atoms with Crippen molar-refractivity contribution in [1.82, 2.24) is 14.8 Å². The number of benzene rings is 1. The molecule has 1 unspecified atom stereocenters. The highest BCUT2D eigenvalue weighted by atomic mass is 35.5. The molecule has 1 aromatic heterocycles. The highest BCUT2D eigenvalue weighted by Gasteiger charge is 2.25. The Morgan fingerprint density at radius 2 is 1.86 bits per heavy atom. The molecule has 0 spiro atoms. The molecule has 37 heavy (non-hydrogen) atoms. The van der Waals surface area contributed by atoms with Crippen molar-refractivity contribution >= 4 is 34.0 Å². The lowest BCUT2D eigenvalue weighted by atomic mass is 9.87. The number of likely N-dealkylation sites (tertiary alicyclic amines) is 1. The maximum Gasteiger partial charge on any atom is 0.236 e. The summed E-state index contributed by atoms with van der Waals surface area (Å²) in [6.07, 6.45) is 5.50. The molecule has 1 aromatic carbocycles. The minimum absolute atomic E-state index is 0.177. The first-order chi connectivity index (χ1) is 17.4. The number of carbonyl (C=O) groups is 1. The Morgan fingerprint density at radius 1 is 1.22 bits per heavy atom. The fraction of sp³-hybridized carbons (Fsp3) is 0.531. The minimum Gasteiger partial charge on any atom is -0.354 e. The molecule has 1 N–H and O–H groups in total. The molecule has 3 rings (SSSR count). The molecule has 1 aliphatic heterocycles. The normalized spacial score (nSPS) is 17.3. The molecule has 2 aromatic rings. The van der Waals surface area contributed by atoms with Gasteiger partial charge in [-0.1, -0.05) is 63.6 Å². The van der Waals surface area contributed by atoms with Gasteiger partial charge in [0, 0.05) is 30.6 Å². The number of aromatic nitrogens is 1. The van der Waals surface area contributed by atoms with Crippen LogP contribution in [-0.2, 0) is 4.79 Å². The van der Waals surface area contributed by atoms with E-state index in [1.807, 2.05) is 21.0 Å². The summed E-state index contributed by atoms with van der Waals surface area (Å²) in [5, 5.41) is 2.00. The quantitative estimate of drug-likeness (QED) is 0.337. The fourth-order valence-corrected chi connectivity index (χ4v) is 5.37. The number of hydrogen-bond acceptors (Lipinski definition) is 2. The molecule has 4 nitrogen and oxygen atoms in total. The van der Waals surface area contributed by atoms with E-state index in [2.05, 4.69) is 75.4 Å². The Bertz CT molecular complexity index is 1190. The van der Waals surface area contributed by atoms with E-state index in [1.54, 1.807) is 4.90 Å². The Kier molecular flexibility index (Phi) is 9.88. The molecule has 2 heterocycles. The number of hydrogen-bond donors (Lipinski definition) is 1. The van der Waals surface area contributed by atoms with E-state index >= 15 is 0 Å². The number of amides is 1. The van der Waals surface area contributed by atoms with Gasteiger partial charge in [-0.2, -0.15) is 0 Å². The van der Waals surface area contributed by atoms with Crippen LogP contribution >= 0.6 is 11.6 Å². The zero-order chi connectivity index (χ0) is 27.4. The van der Waals surface area contributed by atoms with E-state index in [4.69, 9.17) is 11.6 Å². The third kappa shape index (κ3) is 6.78. The molecule has 0 saturated carbocycles. The smallest absolute Gasteiger partial charge is 0.236 e. The highest BCUT2D eigenvalue weighted by molar-refractivity contribution is 6.35. The summed E-state index contributed by atoms with van der Waals surface area (Å²) < 4.78 is 0. The highest BCUT2D eigenvalue weighted by Crippen LogP contribution is 2.40. The predicted molar refractivity (Wildman–Crippen MR) is 160 cm³/mol. The molecule has 5 heteroatoms. The van der Waals surface area contributed by atoms with Gasteiger partial charge in [0.2, 0.25) is 5.91 Å². The molecule has 1 fully saturated rings. The van der Waals surface area contributed by atoms with E-state index in [0.29, 0.717) is 24.3 Å². The number of nitrogens with zero attached hydrogens (tertiary/aromatic N) is 2. The van der Waals surface area contributed by atoms with Gasteiger partial charge in [0.05, 0.1) is 17.3 Å². The maximum absolute atomic E-state index is 12.1. The van der Waals surface area contributed by atoms with Crippen molar-refractivity contribution in [3.8, 4) is 0 Å². The van der Waals surface area contributed by atoms with Crippen molar-refractivity contribution in [2.75, 3.05) is 33.7 Å². The standard InChI is InChI=1S/C32H46ClN3O/c1-10-22(6)23(7)17-27(31(33)21(4)5)32-30(20(2)3)26-18-25(11-12-28(26)34-32)24-13-15-36(16-14-24)19-29(37)35(8)9/h11-12,17-18,20,22,24,34H,4,10,13-16,19H2,1-3,5-9H3/b23-17-,31-27-. The van der Waals surface area contributed by atoms with Crippen LogP contribution in [0.5, 0.6) is 0 Å². The Hall–Kier alpha value is -2.30. The van der Waals surface area contributed by atoms with Gasteiger partial charge in [0.1, 0.15) is 0 Å². The SMILES string of the molecule is C=C(C)/C(Cl)=C(\C=C(\C)C(C)CC)c1[nH]c2ccc(C3CCN(CC(=O)N(C)C)CC3)cc2c1C(C)C. The van der Waals surface area contributed by atoms with Crippen molar-refractivity contribution < 1.29 is 4.79 Å². The van der Waals surface area contributed by atoms with Crippen molar-refractivity contribution in [2.24, 2.45) is 5.92 Å². The number of H-pyrrole nitrogens is 1. The molecule has 1 atom stereocenters. The zero-order valence-corrected chi connectivity index (χ0v) is 24.9. The molecule has 202 valence electrons. The lowest BCUT2D eigenvalue weighted by Gasteiger charge is -2.32. The Labute approximate surface area is 229 Å². The summed E-state index contributed by atoms with van der Waals surface area (Å²) in [5.74, 6) is 1.51. The van der Waals surface area contributed by atoms with E-state index in [1.165, 1.54) is 22.1 Å². The maximum atomic E-state index is 12.1. The van der Waals surface area contributed by atoms with Crippen LogP contribution in [0, 0.1) is 5.92 Å². The third-order valence-corrected chi connectivity index (χ3v) is 8.53. The van der Waals surface area contributed by atoms with Gasteiger partial charge in [-0.05, 0) is 92.8 Å². The van der Waals surface area contributed by atoms with Gasteiger partial charge in [0.25, 0.3) is 0 Å². The Balaban J connectivity index is 2.00. The number of halogens is 1. The van der Waals surface area contributed by atoms with E-state index < -0.39 is 0 Å². The summed E-state index contributed by atoms with van der Waals surface area (Å²) in [5.41, 5.74) is 8.19. The molecule has 1 aliphatic rings. The summed E-state index contributed by atoms with van der Waals surface area (Å²) in [4.78, 5) is 19.8. The van der Waals surface area contributed by atoms with Crippen LogP contribution in [-0.4, -0.2) is 54.4 Å². The summed E-state index contributed by atoms with van der Waals surface area (Å²) in [7, 11) is 3.65. The number of rotatable bonds is 9. The number of fused-ring (bicyclic) bond motifs is 1. The topological polar surface area (TPSA) is 39.3 Å². The monoisotopic (exact) mass is 523 g/mol. The zero-order valence-electron chi connectivity index (χ0n) is 24.2. The summed E-state index contributed by atoms with van der Waals surface area (Å²) in [6.45, 7) is 19.8. The van der Waals surface area contributed by atoms with Gasteiger partial charge in [0.15, 0.2) is 0 Å². The van der Waals surface area contributed by atoms with E-state index in [9.17, 15) is 4.79 Å².